The summed E-state index contributed by atoms with van der Waals surface area (Å²) in [5.41, 5.74) is 0.820. The molecule has 0 aromatic heterocycles. The molecule has 0 atom stereocenters. The summed E-state index contributed by atoms with van der Waals surface area (Å²) in [4.78, 5) is 13.5. The molecule has 0 radical (unpaired) electrons. The van der Waals surface area contributed by atoms with Gasteiger partial charge in [-0.1, -0.05) is 12.1 Å². The number of carbonyl (C=O) groups is 1. The van der Waals surface area contributed by atoms with E-state index >= 15 is 0 Å². The molecule has 1 aliphatic rings. The number of thioether (sulfide) groups is 1. The Morgan fingerprint density at radius 2 is 1.89 bits per heavy atom. The van der Waals surface area contributed by atoms with Gasteiger partial charge >= 0.3 is 6.09 Å². The maximum Gasteiger partial charge on any atom is 0.407 e. The molecule has 2 N–H and O–H groups in total. The largest absolute Gasteiger partial charge is 0.465 e. The second-order valence-electron chi connectivity index (χ2n) is 4.94. The van der Waals surface area contributed by atoms with Gasteiger partial charge in [0.25, 0.3) is 0 Å². The summed E-state index contributed by atoms with van der Waals surface area (Å²) in [7, 11) is 0. The van der Waals surface area contributed by atoms with Crippen molar-refractivity contribution in [1.29, 1.82) is 0 Å². The van der Waals surface area contributed by atoms with Crippen LogP contribution in [0.1, 0.15) is 18.4 Å². The van der Waals surface area contributed by atoms with Crippen molar-refractivity contribution in [2.45, 2.75) is 23.2 Å². The van der Waals surface area contributed by atoms with E-state index in [1.807, 2.05) is 6.26 Å². The van der Waals surface area contributed by atoms with Crippen LogP contribution in [0.4, 0.5) is 4.79 Å². The van der Waals surface area contributed by atoms with Crippen LogP contribution >= 0.6 is 11.8 Å². The van der Waals surface area contributed by atoms with Crippen LogP contribution in [-0.4, -0.2) is 47.2 Å². The topological polar surface area (TPSA) is 60.8 Å². The van der Waals surface area contributed by atoms with E-state index in [2.05, 4.69) is 24.3 Å². The molecule has 2 rings (SSSR count). The Balaban J connectivity index is 2.17. The van der Waals surface area contributed by atoms with Gasteiger partial charge in [0.1, 0.15) is 0 Å². The van der Waals surface area contributed by atoms with Crippen LogP contribution < -0.4 is 0 Å². The van der Waals surface area contributed by atoms with Crippen LogP contribution in [0.25, 0.3) is 0 Å². The first kappa shape index (κ1) is 14.2. The molecule has 19 heavy (non-hydrogen) atoms. The van der Waals surface area contributed by atoms with Crippen molar-refractivity contribution in [2.24, 2.45) is 0 Å². The monoisotopic (exact) mass is 281 g/mol. The number of piperidine rings is 1. The molecule has 104 valence electrons. The van der Waals surface area contributed by atoms with Gasteiger partial charge in [0.2, 0.25) is 0 Å². The van der Waals surface area contributed by atoms with E-state index in [4.69, 9.17) is 5.11 Å². The molecule has 1 fully saturated rings. The number of hydrogen-bond acceptors (Lipinski definition) is 3. The van der Waals surface area contributed by atoms with E-state index in [0.717, 1.165) is 5.56 Å². The SMILES string of the molecule is CSc1ccc(C2(CO)CCN(C(=O)O)CC2)cc1. The van der Waals surface area contributed by atoms with Crippen molar-refractivity contribution >= 4 is 17.9 Å². The lowest BCUT2D eigenvalue weighted by Crippen LogP contribution is -2.46. The first-order chi connectivity index (χ1) is 9.11. The molecule has 1 heterocycles. The van der Waals surface area contributed by atoms with Crippen LogP contribution in [0.2, 0.25) is 0 Å². The van der Waals surface area contributed by atoms with E-state index in [-0.39, 0.29) is 12.0 Å². The average molecular weight is 281 g/mol. The number of carboxylic acid groups (broad SMARTS) is 1. The Kier molecular flexibility index (Phi) is 4.37. The second-order valence-corrected chi connectivity index (χ2v) is 5.82. The number of rotatable bonds is 3. The molecule has 0 unspecified atom stereocenters. The molecule has 1 aromatic rings. The molecule has 1 aliphatic heterocycles. The molecule has 1 amide bonds. The highest BCUT2D eigenvalue weighted by atomic mass is 32.2. The van der Waals surface area contributed by atoms with E-state index in [0.29, 0.717) is 25.9 Å². The van der Waals surface area contributed by atoms with E-state index < -0.39 is 6.09 Å². The standard InChI is InChI=1S/C14H19NO3S/c1-19-12-4-2-11(3-5-12)14(10-16)6-8-15(9-7-14)13(17)18/h2-5,16H,6-10H2,1H3,(H,17,18). The fourth-order valence-corrected chi connectivity index (χ4v) is 3.02. The number of aliphatic hydroxyl groups excluding tert-OH is 1. The summed E-state index contributed by atoms with van der Waals surface area (Å²) in [6, 6.07) is 8.22. The summed E-state index contributed by atoms with van der Waals surface area (Å²) in [6.07, 6.45) is 2.51. The van der Waals surface area contributed by atoms with E-state index in [1.165, 1.54) is 9.80 Å². The lowest BCUT2D eigenvalue weighted by atomic mass is 9.73. The van der Waals surface area contributed by atoms with Crippen LogP contribution in [0.3, 0.4) is 0 Å². The lowest BCUT2D eigenvalue weighted by molar-refractivity contribution is 0.0894. The highest BCUT2D eigenvalue weighted by Gasteiger charge is 2.36. The maximum absolute atomic E-state index is 10.9. The zero-order chi connectivity index (χ0) is 13.9. The Bertz CT molecular complexity index is 439. The van der Waals surface area contributed by atoms with Gasteiger partial charge in [0.15, 0.2) is 0 Å². The summed E-state index contributed by atoms with van der Waals surface area (Å²) in [6.45, 7) is 1.04. The van der Waals surface area contributed by atoms with Gasteiger partial charge in [-0.3, -0.25) is 0 Å². The van der Waals surface area contributed by atoms with Crippen molar-refractivity contribution in [1.82, 2.24) is 4.90 Å². The Morgan fingerprint density at radius 1 is 1.32 bits per heavy atom. The number of nitrogens with zero attached hydrogens (tertiary/aromatic N) is 1. The summed E-state index contributed by atoms with van der Waals surface area (Å²) >= 11 is 1.69. The number of benzene rings is 1. The molecule has 5 heteroatoms. The smallest absolute Gasteiger partial charge is 0.407 e. The highest BCUT2D eigenvalue weighted by Crippen LogP contribution is 2.35. The van der Waals surface area contributed by atoms with Crippen molar-refractivity contribution in [2.75, 3.05) is 26.0 Å². The third-order valence-electron chi connectivity index (χ3n) is 4.00. The van der Waals surface area contributed by atoms with E-state index in [1.54, 1.807) is 11.8 Å². The van der Waals surface area contributed by atoms with Gasteiger partial charge in [0.05, 0.1) is 6.61 Å². The molecule has 0 bridgehead atoms. The molecule has 0 saturated carbocycles. The molecule has 1 aromatic carbocycles. The van der Waals surface area contributed by atoms with Crippen molar-refractivity contribution < 1.29 is 15.0 Å². The normalized spacial score (nSPS) is 18.3. The van der Waals surface area contributed by atoms with Gasteiger partial charge in [-0.2, -0.15) is 0 Å². The fourth-order valence-electron chi connectivity index (χ4n) is 2.61. The fraction of sp³-hybridized carbons (Fsp3) is 0.500. The third-order valence-corrected chi connectivity index (χ3v) is 4.74. The van der Waals surface area contributed by atoms with Gasteiger partial charge in [-0.25, -0.2) is 4.79 Å². The Morgan fingerprint density at radius 3 is 2.32 bits per heavy atom. The number of aliphatic hydroxyl groups is 1. The highest BCUT2D eigenvalue weighted by molar-refractivity contribution is 7.98. The minimum Gasteiger partial charge on any atom is -0.465 e. The van der Waals surface area contributed by atoms with Crippen LogP contribution in [-0.2, 0) is 5.41 Å². The van der Waals surface area contributed by atoms with Crippen molar-refractivity contribution in [3.05, 3.63) is 29.8 Å². The van der Waals surface area contributed by atoms with Crippen LogP contribution in [0, 0.1) is 0 Å². The summed E-state index contributed by atoms with van der Waals surface area (Å²) in [5.74, 6) is 0. The summed E-state index contributed by atoms with van der Waals surface area (Å²) < 4.78 is 0. The first-order valence-corrected chi connectivity index (χ1v) is 7.57. The second kappa shape index (κ2) is 5.84. The average Bonchev–Trinajstić information content (AvgIpc) is 2.47. The number of likely N-dealkylation sites (tertiary alicyclic amines) is 1. The molecule has 1 saturated heterocycles. The zero-order valence-electron chi connectivity index (χ0n) is 11.0. The first-order valence-electron chi connectivity index (χ1n) is 6.34. The van der Waals surface area contributed by atoms with Crippen molar-refractivity contribution in [3.8, 4) is 0 Å². The lowest BCUT2D eigenvalue weighted by Gasteiger charge is -2.40. The predicted octanol–water partition coefficient (Wildman–Crippen LogP) is 2.41. The van der Waals surface area contributed by atoms with E-state index in [9.17, 15) is 9.90 Å². The van der Waals surface area contributed by atoms with Crippen molar-refractivity contribution in [3.63, 3.8) is 0 Å². The summed E-state index contributed by atoms with van der Waals surface area (Å²) in [5, 5.41) is 18.8. The molecule has 0 aliphatic carbocycles. The third kappa shape index (κ3) is 2.87. The zero-order valence-corrected chi connectivity index (χ0v) is 11.8. The van der Waals surface area contributed by atoms with Gasteiger partial charge in [0, 0.05) is 23.4 Å². The number of amides is 1. The molecular formula is C14H19NO3S. The minimum absolute atomic E-state index is 0.0685. The Labute approximate surface area is 117 Å². The Hall–Kier alpha value is -1.20. The van der Waals surface area contributed by atoms with Gasteiger partial charge in [-0.05, 0) is 36.8 Å². The minimum atomic E-state index is -0.871. The van der Waals surface area contributed by atoms with Gasteiger partial charge in [-0.15, -0.1) is 11.8 Å². The number of hydrogen-bond donors (Lipinski definition) is 2. The van der Waals surface area contributed by atoms with Crippen LogP contribution in [0.5, 0.6) is 0 Å². The quantitative estimate of drug-likeness (QED) is 0.835. The van der Waals surface area contributed by atoms with Crippen LogP contribution in [0.15, 0.2) is 29.2 Å². The predicted molar refractivity (Wildman–Crippen MR) is 75.8 cm³/mol. The molecule has 0 spiro atoms. The molecule has 4 nitrogen and oxygen atoms in total. The maximum atomic E-state index is 10.9. The molecular weight excluding hydrogens is 262 g/mol. The van der Waals surface area contributed by atoms with Gasteiger partial charge < -0.3 is 15.1 Å².